The first-order valence-electron chi connectivity index (χ1n) is 9.35. The van der Waals surface area contributed by atoms with E-state index in [1.807, 2.05) is 80.1 Å². The van der Waals surface area contributed by atoms with Gasteiger partial charge >= 0.3 is 0 Å². The van der Waals surface area contributed by atoms with Gasteiger partial charge in [-0.3, -0.25) is 9.78 Å². The lowest BCUT2D eigenvalue weighted by Gasteiger charge is -2.11. The molecular formula is C23H22N4O2. The number of hydrogen-bond acceptors (Lipinski definition) is 4. The zero-order valence-corrected chi connectivity index (χ0v) is 16.9. The molecule has 0 radical (unpaired) electrons. The molecular weight excluding hydrogens is 364 g/mol. The van der Waals surface area contributed by atoms with E-state index in [2.05, 4.69) is 15.4 Å². The lowest BCUT2D eigenvalue weighted by molar-refractivity contribution is 0.102. The van der Waals surface area contributed by atoms with Crippen LogP contribution in [0, 0.1) is 20.8 Å². The highest BCUT2D eigenvalue weighted by atomic mass is 16.5. The van der Waals surface area contributed by atoms with Crippen LogP contribution in [0.2, 0.25) is 0 Å². The number of fused-ring (bicyclic) bond motifs is 1. The highest BCUT2D eigenvalue weighted by molar-refractivity contribution is 6.07. The standard InChI is InChI=1S/C23H22N4O2/c1-14-10-15(2)27(26-14)19-7-5-6-18(12-19)25-23(28)21-11-17-8-9-20(29-4)13-22(17)24-16(21)3/h5-13H,1-4H3,(H,25,28). The Hall–Kier alpha value is -3.67. The van der Waals surface area contributed by atoms with Crippen LogP contribution >= 0.6 is 0 Å². The van der Waals surface area contributed by atoms with Crippen molar-refractivity contribution in [3.05, 3.63) is 77.2 Å². The van der Waals surface area contributed by atoms with Crippen LogP contribution in [0.25, 0.3) is 16.6 Å². The number of carbonyl (C=O) groups excluding carboxylic acids is 1. The second kappa shape index (κ2) is 7.39. The van der Waals surface area contributed by atoms with E-state index in [1.165, 1.54) is 0 Å². The lowest BCUT2D eigenvalue weighted by atomic mass is 10.1. The Kier molecular flexibility index (Phi) is 4.76. The number of carbonyl (C=O) groups is 1. The van der Waals surface area contributed by atoms with Crippen molar-refractivity contribution in [3.63, 3.8) is 0 Å². The van der Waals surface area contributed by atoms with E-state index in [9.17, 15) is 4.79 Å². The highest BCUT2D eigenvalue weighted by Crippen LogP contribution is 2.23. The van der Waals surface area contributed by atoms with E-state index in [-0.39, 0.29) is 5.91 Å². The number of nitrogens with one attached hydrogen (secondary N) is 1. The Bertz CT molecular complexity index is 1230. The minimum Gasteiger partial charge on any atom is -0.497 e. The molecule has 4 rings (SSSR count). The SMILES string of the molecule is COc1ccc2cc(C(=O)Nc3cccc(-n4nc(C)cc4C)c3)c(C)nc2c1. The monoisotopic (exact) mass is 386 g/mol. The quantitative estimate of drug-likeness (QED) is 0.556. The summed E-state index contributed by atoms with van der Waals surface area (Å²) in [4.78, 5) is 17.5. The van der Waals surface area contributed by atoms with Gasteiger partial charge in [0.1, 0.15) is 5.75 Å². The second-order valence-corrected chi connectivity index (χ2v) is 7.02. The Morgan fingerprint density at radius 1 is 1.03 bits per heavy atom. The van der Waals surface area contributed by atoms with E-state index in [0.717, 1.165) is 33.7 Å². The van der Waals surface area contributed by atoms with Crippen LogP contribution in [0.4, 0.5) is 5.69 Å². The fourth-order valence-corrected chi connectivity index (χ4v) is 3.40. The molecule has 0 spiro atoms. The van der Waals surface area contributed by atoms with Crippen LogP contribution in [0.5, 0.6) is 5.75 Å². The molecule has 0 saturated heterocycles. The molecule has 0 unspecified atom stereocenters. The summed E-state index contributed by atoms with van der Waals surface area (Å²) in [6.07, 6.45) is 0. The number of ether oxygens (including phenoxy) is 1. The van der Waals surface area contributed by atoms with Gasteiger partial charge in [0.05, 0.1) is 35.3 Å². The number of nitrogens with zero attached hydrogens (tertiary/aromatic N) is 3. The number of amides is 1. The summed E-state index contributed by atoms with van der Waals surface area (Å²) in [5.74, 6) is 0.542. The summed E-state index contributed by atoms with van der Waals surface area (Å²) in [6, 6.07) is 17.1. The average molecular weight is 386 g/mol. The van der Waals surface area contributed by atoms with Crippen LogP contribution in [-0.4, -0.2) is 27.8 Å². The first kappa shape index (κ1) is 18.7. The first-order chi connectivity index (χ1) is 13.9. The molecule has 6 nitrogen and oxygen atoms in total. The Balaban J connectivity index is 1.63. The number of aryl methyl sites for hydroxylation is 3. The average Bonchev–Trinajstić information content (AvgIpc) is 3.05. The summed E-state index contributed by atoms with van der Waals surface area (Å²) < 4.78 is 7.11. The third kappa shape index (κ3) is 3.69. The van der Waals surface area contributed by atoms with Gasteiger partial charge in [0.15, 0.2) is 0 Å². The van der Waals surface area contributed by atoms with E-state index < -0.39 is 0 Å². The van der Waals surface area contributed by atoms with Gasteiger partial charge in [0, 0.05) is 22.8 Å². The van der Waals surface area contributed by atoms with Gasteiger partial charge in [-0.15, -0.1) is 0 Å². The van der Waals surface area contributed by atoms with Gasteiger partial charge < -0.3 is 10.1 Å². The molecule has 4 aromatic rings. The molecule has 0 bridgehead atoms. The van der Waals surface area contributed by atoms with Crippen molar-refractivity contribution in [3.8, 4) is 11.4 Å². The zero-order chi connectivity index (χ0) is 20.5. The summed E-state index contributed by atoms with van der Waals surface area (Å²) >= 11 is 0. The van der Waals surface area contributed by atoms with Gasteiger partial charge in [0.2, 0.25) is 0 Å². The van der Waals surface area contributed by atoms with Crippen LogP contribution in [0.1, 0.15) is 27.4 Å². The number of aromatic nitrogens is 3. The van der Waals surface area contributed by atoms with Gasteiger partial charge in [0.25, 0.3) is 5.91 Å². The topological polar surface area (TPSA) is 69.0 Å². The maximum Gasteiger partial charge on any atom is 0.257 e. The maximum atomic E-state index is 12.9. The van der Waals surface area contributed by atoms with Crippen molar-refractivity contribution in [2.24, 2.45) is 0 Å². The number of methoxy groups -OCH3 is 1. The molecule has 0 aliphatic carbocycles. The zero-order valence-electron chi connectivity index (χ0n) is 16.9. The van der Waals surface area contributed by atoms with Crippen molar-refractivity contribution < 1.29 is 9.53 Å². The van der Waals surface area contributed by atoms with Crippen LogP contribution in [-0.2, 0) is 0 Å². The molecule has 0 saturated carbocycles. The predicted octanol–water partition coefficient (Wildman–Crippen LogP) is 4.61. The van der Waals surface area contributed by atoms with Crippen molar-refractivity contribution in [2.75, 3.05) is 12.4 Å². The maximum absolute atomic E-state index is 12.9. The van der Waals surface area contributed by atoms with Crippen molar-refractivity contribution in [1.29, 1.82) is 0 Å². The van der Waals surface area contributed by atoms with Gasteiger partial charge in [-0.1, -0.05) is 6.07 Å². The van der Waals surface area contributed by atoms with E-state index >= 15 is 0 Å². The fraction of sp³-hybridized carbons (Fsp3) is 0.174. The molecule has 2 heterocycles. The van der Waals surface area contributed by atoms with Crippen LogP contribution in [0.15, 0.2) is 54.6 Å². The second-order valence-electron chi connectivity index (χ2n) is 7.02. The summed E-state index contributed by atoms with van der Waals surface area (Å²) in [5.41, 5.74) is 5.59. The number of pyridine rings is 1. The smallest absolute Gasteiger partial charge is 0.257 e. The molecule has 0 atom stereocenters. The molecule has 0 aliphatic heterocycles. The van der Waals surface area contributed by atoms with E-state index in [1.54, 1.807) is 7.11 Å². The summed E-state index contributed by atoms with van der Waals surface area (Å²) in [7, 11) is 1.62. The molecule has 1 amide bonds. The normalized spacial score (nSPS) is 10.9. The lowest BCUT2D eigenvalue weighted by Crippen LogP contribution is -2.14. The van der Waals surface area contributed by atoms with Gasteiger partial charge in [-0.2, -0.15) is 5.10 Å². The third-order valence-electron chi connectivity index (χ3n) is 4.82. The predicted molar refractivity (Wildman–Crippen MR) is 114 cm³/mol. The minimum absolute atomic E-state index is 0.196. The summed E-state index contributed by atoms with van der Waals surface area (Å²) in [6.45, 7) is 5.80. The first-order valence-corrected chi connectivity index (χ1v) is 9.35. The minimum atomic E-state index is -0.196. The number of rotatable bonds is 4. The van der Waals surface area contributed by atoms with E-state index in [0.29, 0.717) is 16.9 Å². The van der Waals surface area contributed by atoms with Crippen molar-refractivity contribution in [1.82, 2.24) is 14.8 Å². The molecule has 6 heteroatoms. The third-order valence-corrected chi connectivity index (χ3v) is 4.82. The molecule has 29 heavy (non-hydrogen) atoms. The molecule has 146 valence electrons. The largest absolute Gasteiger partial charge is 0.497 e. The van der Waals surface area contributed by atoms with Crippen molar-refractivity contribution >= 4 is 22.5 Å². The fourth-order valence-electron chi connectivity index (χ4n) is 3.40. The Morgan fingerprint density at radius 3 is 2.59 bits per heavy atom. The number of benzene rings is 2. The molecule has 0 aliphatic rings. The van der Waals surface area contributed by atoms with Gasteiger partial charge in [-0.25, -0.2) is 4.68 Å². The summed E-state index contributed by atoms with van der Waals surface area (Å²) in [5, 5.41) is 8.37. The Labute approximate surface area is 169 Å². The molecule has 1 N–H and O–H groups in total. The number of hydrogen-bond donors (Lipinski definition) is 1. The van der Waals surface area contributed by atoms with Crippen LogP contribution in [0.3, 0.4) is 0 Å². The van der Waals surface area contributed by atoms with Crippen LogP contribution < -0.4 is 10.1 Å². The molecule has 2 aromatic carbocycles. The highest BCUT2D eigenvalue weighted by Gasteiger charge is 2.13. The van der Waals surface area contributed by atoms with Crippen molar-refractivity contribution in [2.45, 2.75) is 20.8 Å². The van der Waals surface area contributed by atoms with Gasteiger partial charge in [-0.05, 0) is 63.2 Å². The Morgan fingerprint density at radius 2 is 1.86 bits per heavy atom. The molecule has 2 aromatic heterocycles. The number of anilines is 1. The molecule has 0 fully saturated rings. The van der Waals surface area contributed by atoms with E-state index in [4.69, 9.17) is 4.74 Å².